The summed E-state index contributed by atoms with van der Waals surface area (Å²) in [5.41, 5.74) is 0. The summed E-state index contributed by atoms with van der Waals surface area (Å²) in [5, 5.41) is 0. The lowest BCUT2D eigenvalue weighted by Gasteiger charge is -2.24. The van der Waals surface area contributed by atoms with Crippen LogP contribution in [0.3, 0.4) is 0 Å². The number of carbonyl (C=O) groups excluding carboxylic acids is 2. The molecule has 0 aliphatic heterocycles. The van der Waals surface area contributed by atoms with Crippen molar-refractivity contribution in [1.29, 1.82) is 0 Å². The quantitative estimate of drug-likeness (QED) is 0.0370. The van der Waals surface area contributed by atoms with Crippen LogP contribution in [0.2, 0.25) is 0 Å². The largest absolute Gasteiger partial charge is 0.472 e. The molecule has 250 valence electrons. The number of esters is 2. The van der Waals surface area contributed by atoms with Crippen molar-refractivity contribution in [3.63, 3.8) is 0 Å². The Kier molecular flexibility index (Phi) is 25.8. The summed E-state index contributed by atoms with van der Waals surface area (Å²) in [6.45, 7) is 4.33. The fourth-order valence-corrected chi connectivity index (χ4v) is 5.17. The van der Waals surface area contributed by atoms with E-state index in [4.69, 9.17) is 18.5 Å². The van der Waals surface area contributed by atoms with Crippen molar-refractivity contribution in [1.82, 2.24) is 0 Å². The van der Waals surface area contributed by atoms with E-state index in [1.54, 1.807) is 0 Å². The van der Waals surface area contributed by atoms with Crippen LogP contribution in [0.1, 0.15) is 142 Å². The van der Waals surface area contributed by atoms with Crippen molar-refractivity contribution in [2.24, 2.45) is 0 Å². The second-order valence-corrected chi connectivity index (χ2v) is 14.0. The Balaban J connectivity index is 4.41. The van der Waals surface area contributed by atoms with Crippen LogP contribution in [0, 0.1) is 0 Å². The molecule has 0 amide bonds. The van der Waals surface area contributed by atoms with Gasteiger partial charge in [-0.3, -0.25) is 18.6 Å². The maximum atomic E-state index is 12.4. The molecule has 0 aliphatic rings. The van der Waals surface area contributed by atoms with E-state index in [1.165, 1.54) is 64.2 Å². The standard InChI is InChI=1S/C32H64NO8P/c1-6-8-10-12-14-15-16-17-18-19-21-22-24-31(34)38-28-30(41-32(35)25-23-20-13-11-9-7-2)29-40-42(36,37)39-27-26-33(3,4)5/h30H,6-29H2,1-5H3/p+1/t30-/m0/s1. The lowest BCUT2D eigenvalue weighted by molar-refractivity contribution is -0.870. The van der Waals surface area contributed by atoms with E-state index in [2.05, 4.69) is 13.8 Å². The van der Waals surface area contributed by atoms with Crippen molar-refractivity contribution >= 4 is 19.8 Å². The van der Waals surface area contributed by atoms with E-state index in [0.29, 0.717) is 23.9 Å². The highest BCUT2D eigenvalue weighted by Crippen LogP contribution is 2.43. The highest BCUT2D eigenvalue weighted by molar-refractivity contribution is 7.47. The van der Waals surface area contributed by atoms with Gasteiger partial charge in [-0.2, -0.15) is 0 Å². The zero-order chi connectivity index (χ0) is 31.5. The molecule has 0 fully saturated rings. The molecule has 2 atom stereocenters. The lowest BCUT2D eigenvalue weighted by atomic mass is 10.0. The number of phosphoric acid groups is 1. The minimum atomic E-state index is -4.34. The molecular weight excluding hydrogens is 557 g/mol. The number of quaternary nitrogens is 1. The smallest absolute Gasteiger partial charge is 0.462 e. The molecule has 0 spiro atoms. The van der Waals surface area contributed by atoms with Crippen LogP contribution in [0.4, 0.5) is 0 Å². The zero-order valence-electron chi connectivity index (χ0n) is 27.7. The van der Waals surface area contributed by atoms with E-state index in [-0.39, 0.29) is 25.6 Å². The zero-order valence-corrected chi connectivity index (χ0v) is 28.6. The van der Waals surface area contributed by atoms with Crippen LogP contribution in [0.25, 0.3) is 0 Å². The van der Waals surface area contributed by atoms with E-state index < -0.39 is 26.5 Å². The number of ether oxygens (including phenoxy) is 2. The summed E-state index contributed by atoms with van der Waals surface area (Å²) >= 11 is 0. The molecule has 9 nitrogen and oxygen atoms in total. The minimum absolute atomic E-state index is 0.0355. The van der Waals surface area contributed by atoms with Crippen LogP contribution in [-0.2, 0) is 32.7 Å². The first kappa shape index (κ1) is 41.0. The fraction of sp³-hybridized carbons (Fsp3) is 0.938. The van der Waals surface area contributed by atoms with Crippen LogP contribution in [0.15, 0.2) is 0 Å². The maximum Gasteiger partial charge on any atom is 0.472 e. The van der Waals surface area contributed by atoms with Gasteiger partial charge in [0.25, 0.3) is 0 Å². The normalized spacial score (nSPS) is 14.0. The molecule has 0 aromatic rings. The van der Waals surface area contributed by atoms with Crippen molar-refractivity contribution in [3.8, 4) is 0 Å². The molecule has 0 aromatic carbocycles. The molecule has 0 rings (SSSR count). The number of phosphoric ester groups is 1. The maximum absolute atomic E-state index is 12.4. The number of rotatable bonds is 30. The average molecular weight is 623 g/mol. The SMILES string of the molecule is CCCCCCCCCCCCCCC(=O)OC[C@@H](COP(=O)(O)OCC[N+](C)(C)C)OC(=O)CCCCCCCC. The van der Waals surface area contributed by atoms with E-state index in [9.17, 15) is 19.0 Å². The molecule has 1 unspecified atom stereocenters. The van der Waals surface area contributed by atoms with Crippen molar-refractivity contribution in [3.05, 3.63) is 0 Å². The predicted octanol–water partition coefficient (Wildman–Crippen LogP) is 8.12. The Hall–Kier alpha value is -0.990. The summed E-state index contributed by atoms with van der Waals surface area (Å²) in [7, 11) is 1.48. The Morgan fingerprint density at radius 1 is 0.643 bits per heavy atom. The molecule has 0 heterocycles. The first-order valence-electron chi connectivity index (χ1n) is 16.8. The summed E-state index contributed by atoms with van der Waals surface area (Å²) < 4.78 is 33.9. The third-order valence-electron chi connectivity index (χ3n) is 7.14. The third-order valence-corrected chi connectivity index (χ3v) is 8.12. The summed E-state index contributed by atoms with van der Waals surface area (Å²) in [5.74, 6) is -0.805. The second kappa shape index (κ2) is 26.4. The Morgan fingerprint density at radius 2 is 1.07 bits per heavy atom. The lowest BCUT2D eigenvalue weighted by Crippen LogP contribution is -2.37. The third kappa shape index (κ3) is 29.1. The van der Waals surface area contributed by atoms with Gasteiger partial charge in [0, 0.05) is 12.8 Å². The monoisotopic (exact) mass is 622 g/mol. The number of nitrogens with zero attached hydrogens (tertiary/aromatic N) is 1. The second-order valence-electron chi connectivity index (χ2n) is 12.6. The van der Waals surface area contributed by atoms with Gasteiger partial charge in [-0.15, -0.1) is 0 Å². The van der Waals surface area contributed by atoms with Crippen LogP contribution < -0.4 is 0 Å². The van der Waals surface area contributed by atoms with Gasteiger partial charge in [-0.25, -0.2) is 4.57 Å². The number of unbranched alkanes of at least 4 members (excludes halogenated alkanes) is 16. The first-order chi connectivity index (χ1) is 20.0. The van der Waals surface area contributed by atoms with Gasteiger partial charge in [0.1, 0.15) is 19.8 Å². The van der Waals surface area contributed by atoms with Gasteiger partial charge < -0.3 is 18.9 Å². The van der Waals surface area contributed by atoms with Gasteiger partial charge in [0.15, 0.2) is 6.10 Å². The summed E-state index contributed by atoms with van der Waals surface area (Å²) in [4.78, 5) is 34.8. The van der Waals surface area contributed by atoms with Gasteiger partial charge in [0.2, 0.25) is 0 Å². The molecule has 10 heteroatoms. The van der Waals surface area contributed by atoms with Gasteiger partial charge in [-0.05, 0) is 12.8 Å². The van der Waals surface area contributed by atoms with E-state index >= 15 is 0 Å². The topological polar surface area (TPSA) is 108 Å². The van der Waals surface area contributed by atoms with E-state index in [1.807, 2.05) is 21.1 Å². The first-order valence-corrected chi connectivity index (χ1v) is 18.3. The van der Waals surface area contributed by atoms with Crippen LogP contribution in [-0.4, -0.2) is 74.9 Å². The average Bonchev–Trinajstić information content (AvgIpc) is 2.92. The number of hydrogen-bond acceptors (Lipinski definition) is 7. The van der Waals surface area contributed by atoms with Crippen LogP contribution >= 0.6 is 7.82 Å². The van der Waals surface area contributed by atoms with Crippen molar-refractivity contribution < 1.29 is 42.1 Å². The molecule has 42 heavy (non-hydrogen) atoms. The number of carbonyl (C=O) groups is 2. The molecular formula is C32H65NO8P+. The molecule has 0 radical (unpaired) electrons. The van der Waals surface area contributed by atoms with E-state index in [0.717, 1.165) is 44.9 Å². The molecule has 0 aromatic heterocycles. The Morgan fingerprint density at radius 3 is 1.52 bits per heavy atom. The van der Waals surface area contributed by atoms with Crippen molar-refractivity contribution in [2.45, 2.75) is 148 Å². The van der Waals surface area contributed by atoms with Gasteiger partial charge >= 0.3 is 19.8 Å². The Labute approximate surface area is 257 Å². The van der Waals surface area contributed by atoms with Gasteiger partial charge in [-0.1, -0.05) is 117 Å². The highest BCUT2D eigenvalue weighted by Gasteiger charge is 2.27. The molecule has 0 saturated carbocycles. The van der Waals surface area contributed by atoms with Gasteiger partial charge in [0.05, 0.1) is 27.7 Å². The fourth-order valence-electron chi connectivity index (χ4n) is 4.42. The van der Waals surface area contributed by atoms with Crippen LogP contribution in [0.5, 0.6) is 0 Å². The van der Waals surface area contributed by atoms with Crippen molar-refractivity contribution in [2.75, 3.05) is 47.5 Å². The minimum Gasteiger partial charge on any atom is -0.462 e. The number of likely N-dealkylation sites (N-methyl/N-ethyl adjacent to an activating group) is 1. The molecule has 0 aliphatic carbocycles. The number of hydrogen-bond donors (Lipinski definition) is 1. The molecule has 0 saturated heterocycles. The molecule has 1 N–H and O–H groups in total. The summed E-state index contributed by atoms with van der Waals surface area (Å²) in [6.07, 6.45) is 20.3. The Bertz CT molecular complexity index is 713. The molecule has 0 bridgehead atoms. The predicted molar refractivity (Wildman–Crippen MR) is 169 cm³/mol. The summed E-state index contributed by atoms with van der Waals surface area (Å²) in [6, 6.07) is 0. The highest BCUT2D eigenvalue weighted by atomic mass is 31.2.